The van der Waals surface area contributed by atoms with Gasteiger partial charge in [0.05, 0.1) is 5.52 Å². The van der Waals surface area contributed by atoms with Crippen molar-refractivity contribution in [1.82, 2.24) is 9.88 Å². The number of hydrogen-bond acceptors (Lipinski definition) is 3. The topological polar surface area (TPSA) is 59.2 Å². The van der Waals surface area contributed by atoms with Crippen LogP contribution in [0.15, 0.2) is 36.4 Å². The fourth-order valence-corrected chi connectivity index (χ4v) is 2.84. The predicted molar refractivity (Wildman–Crippen MR) is 79.4 cm³/mol. The number of fused-ring (bicyclic) bond motifs is 1. The van der Waals surface area contributed by atoms with Crippen LogP contribution < -0.4 is 5.73 Å². The van der Waals surface area contributed by atoms with Gasteiger partial charge in [-0.15, -0.1) is 0 Å². The fraction of sp³-hybridized carbons (Fsp3) is 0.375. The molecule has 1 aromatic carbocycles. The molecule has 20 heavy (non-hydrogen) atoms. The van der Waals surface area contributed by atoms with Crippen LogP contribution in [0.5, 0.6) is 0 Å². The molecule has 1 saturated heterocycles. The maximum Gasteiger partial charge on any atom is 0.272 e. The minimum Gasteiger partial charge on any atom is -0.337 e. The predicted octanol–water partition coefficient (Wildman–Crippen LogP) is 2.05. The number of carbonyl (C=O) groups excluding carboxylic acids is 1. The van der Waals surface area contributed by atoms with E-state index in [2.05, 4.69) is 4.98 Å². The lowest BCUT2D eigenvalue weighted by Crippen LogP contribution is -2.29. The Bertz CT molecular complexity index is 626. The van der Waals surface area contributed by atoms with E-state index in [1.807, 2.05) is 41.3 Å². The Balaban J connectivity index is 1.79. The van der Waals surface area contributed by atoms with E-state index in [1.165, 1.54) is 0 Å². The van der Waals surface area contributed by atoms with Crippen LogP contribution in [0.25, 0.3) is 10.9 Å². The summed E-state index contributed by atoms with van der Waals surface area (Å²) in [5, 5.41) is 1.06. The number of hydrogen-bond donors (Lipinski definition) is 1. The van der Waals surface area contributed by atoms with E-state index in [0.717, 1.165) is 36.8 Å². The molecule has 1 fully saturated rings. The highest BCUT2D eigenvalue weighted by molar-refractivity contribution is 5.95. The Kier molecular flexibility index (Phi) is 3.65. The first kappa shape index (κ1) is 13.1. The van der Waals surface area contributed by atoms with Crippen LogP contribution >= 0.6 is 0 Å². The van der Waals surface area contributed by atoms with E-state index in [1.54, 1.807) is 0 Å². The molecule has 0 spiro atoms. The second kappa shape index (κ2) is 5.59. The molecule has 1 unspecified atom stereocenters. The summed E-state index contributed by atoms with van der Waals surface area (Å²) in [4.78, 5) is 18.8. The average Bonchev–Trinajstić information content (AvgIpc) is 2.95. The molecule has 1 aliphatic rings. The van der Waals surface area contributed by atoms with Crippen LogP contribution in [-0.2, 0) is 0 Å². The van der Waals surface area contributed by atoms with Gasteiger partial charge in [0.2, 0.25) is 0 Å². The number of nitrogens with two attached hydrogens (primary N) is 1. The number of pyridine rings is 1. The summed E-state index contributed by atoms with van der Waals surface area (Å²) in [6.07, 6.45) is 2.05. The van der Waals surface area contributed by atoms with Crippen molar-refractivity contribution in [2.75, 3.05) is 19.6 Å². The Morgan fingerprint density at radius 2 is 2.15 bits per heavy atom. The van der Waals surface area contributed by atoms with E-state index >= 15 is 0 Å². The standard InChI is InChI=1S/C16H19N3O/c17-9-7-12-8-10-19(11-12)16(20)15-6-5-13-3-1-2-4-14(13)18-15/h1-6,12H,7-11,17H2. The highest BCUT2D eigenvalue weighted by Gasteiger charge is 2.27. The summed E-state index contributed by atoms with van der Waals surface area (Å²) >= 11 is 0. The van der Waals surface area contributed by atoms with Crippen molar-refractivity contribution in [1.29, 1.82) is 0 Å². The molecular weight excluding hydrogens is 250 g/mol. The number of likely N-dealkylation sites (tertiary alicyclic amines) is 1. The van der Waals surface area contributed by atoms with Crippen LogP contribution in [0.4, 0.5) is 0 Å². The zero-order valence-electron chi connectivity index (χ0n) is 11.5. The first-order chi connectivity index (χ1) is 9.78. The van der Waals surface area contributed by atoms with E-state index < -0.39 is 0 Å². The highest BCUT2D eigenvalue weighted by atomic mass is 16.2. The van der Waals surface area contributed by atoms with Gasteiger partial charge >= 0.3 is 0 Å². The van der Waals surface area contributed by atoms with Crippen LogP contribution in [0.3, 0.4) is 0 Å². The maximum atomic E-state index is 12.5. The Labute approximate surface area is 118 Å². The van der Waals surface area contributed by atoms with Gasteiger partial charge in [-0.05, 0) is 37.4 Å². The van der Waals surface area contributed by atoms with Crippen molar-refractivity contribution in [3.05, 3.63) is 42.1 Å². The molecule has 0 aliphatic carbocycles. The van der Waals surface area contributed by atoms with Gasteiger partial charge in [0.25, 0.3) is 5.91 Å². The van der Waals surface area contributed by atoms with Crippen LogP contribution in [-0.4, -0.2) is 35.4 Å². The Hall–Kier alpha value is -1.94. The first-order valence-corrected chi connectivity index (χ1v) is 7.13. The van der Waals surface area contributed by atoms with E-state index in [9.17, 15) is 4.79 Å². The fourth-order valence-electron chi connectivity index (χ4n) is 2.84. The van der Waals surface area contributed by atoms with Gasteiger partial charge in [-0.3, -0.25) is 4.79 Å². The lowest BCUT2D eigenvalue weighted by atomic mass is 10.1. The van der Waals surface area contributed by atoms with Gasteiger partial charge < -0.3 is 10.6 Å². The zero-order valence-corrected chi connectivity index (χ0v) is 11.5. The molecule has 2 aromatic rings. The minimum atomic E-state index is 0.0373. The molecule has 0 saturated carbocycles. The van der Waals surface area contributed by atoms with Gasteiger partial charge in [0.1, 0.15) is 5.69 Å². The number of amides is 1. The van der Waals surface area contributed by atoms with Crippen molar-refractivity contribution in [3.63, 3.8) is 0 Å². The van der Waals surface area contributed by atoms with E-state index in [-0.39, 0.29) is 5.91 Å². The molecule has 2 heterocycles. The number of nitrogens with zero attached hydrogens (tertiary/aromatic N) is 2. The molecule has 3 rings (SSSR count). The number of para-hydroxylation sites is 1. The Morgan fingerprint density at radius 1 is 1.30 bits per heavy atom. The third-order valence-corrected chi connectivity index (χ3v) is 3.97. The van der Waals surface area contributed by atoms with Crippen molar-refractivity contribution in [2.45, 2.75) is 12.8 Å². The number of rotatable bonds is 3. The molecule has 4 nitrogen and oxygen atoms in total. The van der Waals surface area contributed by atoms with Gasteiger partial charge in [0.15, 0.2) is 0 Å². The molecule has 0 radical (unpaired) electrons. The number of aromatic nitrogens is 1. The van der Waals surface area contributed by atoms with Gasteiger partial charge in [-0.1, -0.05) is 24.3 Å². The van der Waals surface area contributed by atoms with Crippen LogP contribution in [0.1, 0.15) is 23.3 Å². The summed E-state index contributed by atoms with van der Waals surface area (Å²) in [6.45, 7) is 2.32. The second-order valence-electron chi connectivity index (χ2n) is 5.37. The normalized spacial score (nSPS) is 18.6. The van der Waals surface area contributed by atoms with Crippen molar-refractivity contribution in [2.24, 2.45) is 11.7 Å². The average molecular weight is 269 g/mol. The quantitative estimate of drug-likeness (QED) is 0.927. The lowest BCUT2D eigenvalue weighted by molar-refractivity contribution is 0.0781. The summed E-state index contributed by atoms with van der Waals surface area (Å²) < 4.78 is 0. The molecule has 104 valence electrons. The smallest absolute Gasteiger partial charge is 0.272 e. The Morgan fingerprint density at radius 3 is 3.00 bits per heavy atom. The summed E-state index contributed by atoms with van der Waals surface area (Å²) in [7, 11) is 0. The second-order valence-corrected chi connectivity index (χ2v) is 5.37. The highest BCUT2D eigenvalue weighted by Crippen LogP contribution is 2.21. The van der Waals surface area contributed by atoms with Crippen molar-refractivity contribution in [3.8, 4) is 0 Å². The third kappa shape index (κ3) is 2.51. The molecule has 1 aliphatic heterocycles. The molecule has 0 bridgehead atoms. The third-order valence-electron chi connectivity index (χ3n) is 3.97. The molecule has 4 heteroatoms. The number of benzene rings is 1. The van der Waals surface area contributed by atoms with Crippen molar-refractivity contribution >= 4 is 16.8 Å². The van der Waals surface area contributed by atoms with E-state index in [4.69, 9.17) is 5.73 Å². The molecule has 2 N–H and O–H groups in total. The van der Waals surface area contributed by atoms with Gasteiger partial charge in [0, 0.05) is 18.5 Å². The van der Waals surface area contributed by atoms with Gasteiger partial charge in [-0.25, -0.2) is 4.98 Å². The summed E-state index contributed by atoms with van der Waals surface area (Å²) in [5.74, 6) is 0.583. The summed E-state index contributed by atoms with van der Waals surface area (Å²) in [6, 6.07) is 11.6. The van der Waals surface area contributed by atoms with Crippen molar-refractivity contribution < 1.29 is 4.79 Å². The van der Waals surface area contributed by atoms with Gasteiger partial charge in [-0.2, -0.15) is 0 Å². The monoisotopic (exact) mass is 269 g/mol. The SMILES string of the molecule is NCCC1CCN(C(=O)c2ccc3ccccc3n2)C1. The number of carbonyl (C=O) groups is 1. The zero-order chi connectivity index (χ0) is 13.9. The largest absolute Gasteiger partial charge is 0.337 e. The van der Waals surface area contributed by atoms with E-state index in [0.29, 0.717) is 18.2 Å². The molecule has 1 atom stereocenters. The molecular formula is C16H19N3O. The molecule has 1 aromatic heterocycles. The van der Waals surface area contributed by atoms with Crippen LogP contribution in [0, 0.1) is 5.92 Å². The maximum absolute atomic E-state index is 12.5. The lowest BCUT2D eigenvalue weighted by Gasteiger charge is -2.16. The summed E-state index contributed by atoms with van der Waals surface area (Å²) in [5.41, 5.74) is 7.00. The molecule has 1 amide bonds. The minimum absolute atomic E-state index is 0.0373. The first-order valence-electron chi connectivity index (χ1n) is 7.13. The van der Waals surface area contributed by atoms with Crippen LogP contribution in [0.2, 0.25) is 0 Å².